The Morgan fingerprint density at radius 2 is 1.25 bits per heavy atom. The van der Waals surface area contributed by atoms with Gasteiger partial charge in [0.25, 0.3) is 10.1 Å². The van der Waals surface area contributed by atoms with E-state index in [1.54, 1.807) is 0 Å². The predicted molar refractivity (Wildman–Crippen MR) is 132 cm³/mol. The van der Waals surface area contributed by atoms with Gasteiger partial charge >= 0.3 is 71.1 Å². The number of hydrogen-bond donors (Lipinski definition) is 2. The number of unbranched alkanes of at least 4 members (excludes halogenated alkanes) is 12. The van der Waals surface area contributed by atoms with Crippen LogP contribution in [0.4, 0.5) is 0 Å². The summed E-state index contributed by atoms with van der Waals surface area (Å²) in [6.07, 6.45) is 19.6. The molecule has 0 spiro atoms. The van der Waals surface area contributed by atoms with Gasteiger partial charge in [-0.25, -0.2) is 0 Å². The Morgan fingerprint density at radius 3 is 1.69 bits per heavy atom. The van der Waals surface area contributed by atoms with E-state index in [4.69, 9.17) is 14.4 Å². The van der Waals surface area contributed by atoms with Crippen molar-refractivity contribution < 1.29 is 32.4 Å². The van der Waals surface area contributed by atoms with Gasteiger partial charge < -0.3 is 9.84 Å². The maximum atomic E-state index is 11.7. The third-order valence-electron chi connectivity index (χ3n) is 4.88. The first-order valence-electron chi connectivity index (χ1n) is 11.3. The van der Waals surface area contributed by atoms with Crippen LogP contribution in [-0.2, 0) is 24.4 Å². The second-order valence-electron chi connectivity index (χ2n) is 7.71. The van der Waals surface area contributed by atoms with Crippen molar-refractivity contribution in [1.82, 2.24) is 0 Å². The quantitative estimate of drug-likeness (QED) is 0.0860. The van der Waals surface area contributed by atoms with Crippen LogP contribution >= 0.6 is 0 Å². The van der Waals surface area contributed by atoms with Crippen LogP contribution in [0.1, 0.15) is 103 Å². The van der Waals surface area contributed by atoms with E-state index in [2.05, 4.69) is 19.1 Å². The molecule has 1 unspecified atom stereocenters. The summed E-state index contributed by atoms with van der Waals surface area (Å²) in [5.41, 5.74) is 0. The Hall–Kier alpha value is 0.590. The SMILES string of the molecule is CCCCCCCC/C=C\CCCCCCCCOC(=O)C(CC(=O)O)S(=O)(=O)O.[NaH].[NaH]. The number of esters is 1. The van der Waals surface area contributed by atoms with Crippen LogP contribution in [0, 0.1) is 0 Å². The number of allylic oxidation sites excluding steroid dienone is 2. The zero-order valence-electron chi connectivity index (χ0n) is 18.4. The minimum atomic E-state index is -4.79. The predicted octanol–water partition coefficient (Wildman–Crippen LogP) is 4.00. The van der Waals surface area contributed by atoms with Gasteiger partial charge in [-0.05, 0) is 32.1 Å². The summed E-state index contributed by atoms with van der Waals surface area (Å²) >= 11 is 0. The van der Waals surface area contributed by atoms with Gasteiger partial charge in [0.2, 0.25) is 0 Å². The second-order valence-corrected chi connectivity index (χ2v) is 9.31. The number of carboxylic acids is 1. The summed E-state index contributed by atoms with van der Waals surface area (Å²) in [6, 6.07) is 0. The molecule has 32 heavy (non-hydrogen) atoms. The van der Waals surface area contributed by atoms with Gasteiger partial charge in [-0.1, -0.05) is 76.9 Å². The van der Waals surface area contributed by atoms with E-state index in [9.17, 15) is 18.0 Å². The summed E-state index contributed by atoms with van der Waals surface area (Å²) in [7, 11) is -4.79. The fourth-order valence-electron chi connectivity index (χ4n) is 3.08. The van der Waals surface area contributed by atoms with E-state index in [0.717, 1.165) is 38.5 Å². The molecule has 180 valence electrons. The molecule has 0 amide bonds. The van der Waals surface area contributed by atoms with Gasteiger partial charge in [0.05, 0.1) is 13.0 Å². The molecule has 0 saturated heterocycles. The number of hydrogen-bond acceptors (Lipinski definition) is 5. The maximum absolute atomic E-state index is 11.7. The summed E-state index contributed by atoms with van der Waals surface area (Å²) in [5.74, 6) is -2.71. The number of ether oxygens (including phenoxy) is 1. The molecule has 0 rings (SSSR count). The molecular weight excluding hydrogens is 454 g/mol. The van der Waals surface area contributed by atoms with Crippen LogP contribution < -0.4 is 0 Å². The van der Waals surface area contributed by atoms with Crippen LogP contribution in [0.2, 0.25) is 0 Å². The van der Waals surface area contributed by atoms with Crippen molar-refractivity contribution in [3.8, 4) is 0 Å². The summed E-state index contributed by atoms with van der Waals surface area (Å²) in [6.45, 7) is 2.25. The average molecular weight is 497 g/mol. The van der Waals surface area contributed by atoms with Crippen LogP contribution in [0.25, 0.3) is 0 Å². The Morgan fingerprint density at radius 1 is 0.812 bits per heavy atom. The van der Waals surface area contributed by atoms with Crippen molar-refractivity contribution in [2.45, 2.75) is 108 Å². The van der Waals surface area contributed by atoms with Crippen LogP contribution in [0.15, 0.2) is 12.2 Å². The monoisotopic (exact) mass is 496 g/mol. The number of carbonyl (C=O) groups excluding carboxylic acids is 1. The molecule has 0 heterocycles. The van der Waals surface area contributed by atoms with E-state index in [-0.39, 0.29) is 65.7 Å². The number of aliphatic carboxylic acids is 1. The molecule has 0 fully saturated rings. The van der Waals surface area contributed by atoms with Gasteiger partial charge in [0.1, 0.15) is 0 Å². The molecule has 0 aliphatic carbocycles. The van der Waals surface area contributed by atoms with Crippen LogP contribution in [0.3, 0.4) is 0 Å². The number of rotatable bonds is 20. The molecule has 1 atom stereocenters. The normalized spacial score (nSPS) is 12.1. The molecule has 2 N–H and O–H groups in total. The van der Waals surface area contributed by atoms with Gasteiger partial charge in [0.15, 0.2) is 5.25 Å². The van der Waals surface area contributed by atoms with E-state index in [0.29, 0.717) is 6.42 Å². The third kappa shape index (κ3) is 23.7. The molecule has 7 nitrogen and oxygen atoms in total. The Labute approximate surface area is 238 Å². The van der Waals surface area contributed by atoms with E-state index < -0.39 is 33.7 Å². The molecule has 0 aromatic rings. The summed E-state index contributed by atoms with van der Waals surface area (Å²) in [5, 5.41) is 6.56. The first-order chi connectivity index (χ1) is 14.3. The fourth-order valence-corrected chi connectivity index (χ4v) is 3.75. The van der Waals surface area contributed by atoms with Crippen LogP contribution in [-0.4, -0.2) is 101 Å². The topological polar surface area (TPSA) is 118 Å². The zero-order valence-corrected chi connectivity index (χ0v) is 19.2. The Balaban J connectivity index is -0.00000420. The second kappa shape index (κ2) is 24.7. The zero-order chi connectivity index (χ0) is 22.7. The van der Waals surface area contributed by atoms with Gasteiger partial charge in [-0.3, -0.25) is 14.1 Å². The molecule has 10 heteroatoms. The summed E-state index contributed by atoms with van der Waals surface area (Å²) in [4.78, 5) is 22.3. The molecule has 0 aromatic heterocycles. The van der Waals surface area contributed by atoms with Crippen molar-refractivity contribution in [3.63, 3.8) is 0 Å². The van der Waals surface area contributed by atoms with E-state index in [1.807, 2.05) is 0 Å². The number of carboxylic acid groups (broad SMARTS) is 1. The molecule has 0 radical (unpaired) electrons. The molecular formula is C22H42Na2O7S. The molecule has 0 aliphatic heterocycles. The molecule has 0 aliphatic rings. The first-order valence-corrected chi connectivity index (χ1v) is 12.8. The Kier molecular flexibility index (Phi) is 28.7. The Bertz CT molecular complexity index is 595. The fraction of sp³-hybridized carbons (Fsp3) is 0.818. The van der Waals surface area contributed by atoms with Crippen LogP contribution in [0.5, 0.6) is 0 Å². The summed E-state index contributed by atoms with van der Waals surface area (Å²) < 4.78 is 35.9. The van der Waals surface area contributed by atoms with E-state index in [1.165, 1.54) is 44.9 Å². The van der Waals surface area contributed by atoms with Crippen molar-refractivity contribution in [1.29, 1.82) is 0 Å². The van der Waals surface area contributed by atoms with Crippen molar-refractivity contribution in [3.05, 3.63) is 12.2 Å². The van der Waals surface area contributed by atoms with E-state index >= 15 is 0 Å². The van der Waals surface area contributed by atoms with Gasteiger partial charge in [-0.2, -0.15) is 8.42 Å². The average Bonchev–Trinajstić information content (AvgIpc) is 2.67. The van der Waals surface area contributed by atoms with Gasteiger partial charge in [0, 0.05) is 0 Å². The molecule has 0 aromatic carbocycles. The van der Waals surface area contributed by atoms with Crippen molar-refractivity contribution in [2.75, 3.05) is 6.61 Å². The molecule has 0 bridgehead atoms. The first kappa shape index (κ1) is 37.1. The molecule has 0 saturated carbocycles. The van der Waals surface area contributed by atoms with Gasteiger partial charge in [-0.15, -0.1) is 0 Å². The minimum absolute atomic E-state index is 0. The number of carbonyl (C=O) groups is 2. The van der Waals surface area contributed by atoms with Crippen molar-refractivity contribution in [2.24, 2.45) is 0 Å². The standard InChI is InChI=1S/C22H40O7S.2Na.2H/c1-2-3-4-5-6-7-8-9-10-11-12-13-14-15-16-17-18-29-22(25)20(19-21(23)24)30(26,27)28;;;;/h9-10,20H,2-8,11-19H2,1H3,(H,23,24)(H,26,27,28);;;;/b10-9-;;;;. The third-order valence-corrected chi connectivity index (χ3v) is 5.96. The van der Waals surface area contributed by atoms with Crippen molar-refractivity contribution >= 4 is 81.2 Å².